The van der Waals surface area contributed by atoms with E-state index in [2.05, 4.69) is 5.32 Å². The molecule has 4 heteroatoms. The predicted octanol–water partition coefficient (Wildman–Crippen LogP) is 3.50. The molecule has 15 heavy (non-hydrogen) atoms. The highest BCUT2D eigenvalue weighted by Crippen LogP contribution is 2.34. The fraction of sp³-hybridized carbons (Fsp3) is 0.455. The van der Waals surface area contributed by atoms with Gasteiger partial charge < -0.3 is 10.1 Å². The average molecular weight is 248 g/mol. The molecule has 1 rings (SSSR count). The lowest BCUT2D eigenvalue weighted by molar-refractivity contribution is 0.317. The third-order valence-corrected chi connectivity index (χ3v) is 2.45. The van der Waals surface area contributed by atoms with E-state index < -0.39 is 0 Å². The fourth-order valence-electron chi connectivity index (χ4n) is 1.26. The van der Waals surface area contributed by atoms with Gasteiger partial charge in [0.05, 0.1) is 16.7 Å². The Morgan fingerprint density at radius 2 is 1.87 bits per heavy atom. The standard InChI is InChI=1S/C11H15Cl2NO/c1-3-4-15-11-9(12)5-8(7-14-2)6-10(11)13/h5-6,14H,3-4,7H2,1-2H3. The summed E-state index contributed by atoms with van der Waals surface area (Å²) in [6.45, 7) is 3.41. The first-order valence-corrected chi connectivity index (χ1v) is 5.70. The maximum atomic E-state index is 6.07. The van der Waals surface area contributed by atoms with Crippen molar-refractivity contribution in [2.24, 2.45) is 0 Å². The molecule has 0 heterocycles. The van der Waals surface area contributed by atoms with Crippen molar-refractivity contribution in [3.05, 3.63) is 27.7 Å². The smallest absolute Gasteiger partial charge is 0.156 e. The SMILES string of the molecule is CCCOc1c(Cl)cc(CNC)cc1Cl. The maximum Gasteiger partial charge on any atom is 0.156 e. The van der Waals surface area contributed by atoms with Gasteiger partial charge in [0.25, 0.3) is 0 Å². The van der Waals surface area contributed by atoms with Gasteiger partial charge in [-0.05, 0) is 31.2 Å². The third kappa shape index (κ3) is 3.56. The molecule has 0 unspecified atom stereocenters. The minimum absolute atomic E-state index is 0.571. The molecule has 0 radical (unpaired) electrons. The van der Waals surface area contributed by atoms with Crippen molar-refractivity contribution >= 4 is 23.2 Å². The number of halogens is 2. The normalized spacial score (nSPS) is 10.4. The summed E-state index contributed by atoms with van der Waals surface area (Å²) in [5, 5.41) is 4.18. The Labute approximate surface area is 101 Å². The van der Waals surface area contributed by atoms with E-state index in [1.165, 1.54) is 0 Å². The van der Waals surface area contributed by atoms with Crippen LogP contribution in [-0.2, 0) is 6.54 Å². The molecule has 0 atom stereocenters. The molecule has 0 aliphatic carbocycles. The average Bonchev–Trinajstić information content (AvgIpc) is 2.17. The van der Waals surface area contributed by atoms with E-state index in [0.717, 1.165) is 18.5 Å². The van der Waals surface area contributed by atoms with E-state index in [9.17, 15) is 0 Å². The largest absolute Gasteiger partial charge is 0.490 e. The number of ether oxygens (including phenoxy) is 1. The summed E-state index contributed by atoms with van der Waals surface area (Å²) < 4.78 is 5.47. The quantitative estimate of drug-likeness (QED) is 0.861. The topological polar surface area (TPSA) is 21.3 Å². The van der Waals surface area contributed by atoms with Crippen LogP contribution >= 0.6 is 23.2 Å². The van der Waals surface area contributed by atoms with Gasteiger partial charge in [-0.15, -0.1) is 0 Å². The van der Waals surface area contributed by atoms with Crippen LogP contribution in [0.25, 0.3) is 0 Å². The van der Waals surface area contributed by atoms with E-state index >= 15 is 0 Å². The highest BCUT2D eigenvalue weighted by Gasteiger charge is 2.08. The van der Waals surface area contributed by atoms with Crippen LogP contribution in [0.4, 0.5) is 0 Å². The van der Waals surface area contributed by atoms with Crippen LogP contribution in [0.3, 0.4) is 0 Å². The maximum absolute atomic E-state index is 6.07. The number of nitrogens with one attached hydrogen (secondary N) is 1. The molecule has 2 nitrogen and oxygen atoms in total. The summed E-state index contributed by atoms with van der Waals surface area (Å²) in [5.74, 6) is 0.583. The van der Waals surface area contributed by atoms with Crippen LogP contribution in [0, 0.1) is 0 Å². The zero-order valence-corrected chi connectivity index (χ0v) is 10.5. The Balaban J connectivity index is 2.88. The Bertz CT molecular complexity index is 305. The zero-order chi connectivity index (χ0) is 11.3. The van der Waals surface area contributed by atoms with Crippen molar-refractivity contribution in [2.45, 2.75) is 19.9 Å². The zero-order valence-electron chi connectivity index (χ0n) is 8.94. The Morgan fingerprint density at radius 3 is 2.33 bits per heavy atom. The van der Waals surface area contributed by atoms with Gasteiger partial charge in [-0.25, -0.2) is 0 Å². The second-order valence-corrected chi connectivity index (χ2v) is 4.08. The van der Waals surface area contributed by atoms with Crippen molar-refractivity contribution in [1.29, 1.82) is 0 Å². The third-order valence-electron chi connectivity index (χ3n) is 1.89. The molecular formula is C11H15Cl2NO. The minimum atomic E-state index is 0.571. The highest BCUT2D eigenvalue weighted by molar-refractivity contribution is 6.37. The van der Waals surface area contributed by atoms with Gasteiger partial charge in [0.2, 0.25) is 0 Å². The van der Waals surface area contributed by atoms with E-state index in [1.807, 2.05) is 26.1 Å². The van der Waals surface area contributed by atoms with Crippen LogP contribution in [0.1, 0.15) is 18.9 Å². The van der Waals surface area contributed by atoms with Gasteiger partial charge in [0, 0.05) is 6.54 Å². The van der Waals surface area contributed by atoms with Gasteiger partial charge in [-0.3, -0.25) is 0 Å². The van der Waals surface area contributed by atoms with E-state index in [1.54, 1.807) is 0 Å². The first-order valence-electron chi connectivity index (χ1n) is 4.94. The Morgan fingerprint density at radius 1 is 1.27 bits per heavy atom. The van der Waals surface area contributed by atoms with Crippen molar-refractivity contribution in [2.75, 3.05) is 13.7 Å². The second kappa shape index (κ2) is 6.21. The molecule has 0 spiro atoms. The van der Waals surface area contributed by atoms with Crippen molar-refractivity contribution < 1.29 is 4.74 Å². The van der Waals surface area contributed by atoms with E-state index in [4.69, 9.17) is 27.9 Å². The van der Waals surface area contributed by atoms with Gasteiger partial charge in [0.1, 0.15) is 0 Å². The molecule has 0 amide bonds. The summed E-state index contributed by atoms with van der Waals surface area (Å²) in [6, 6.07) is 3.74. The summed E-state index contributed by atoms with van der Waals surface area (Å²) in [7, 11) is 1.88. The molecule has 0 aliphatic heterocycles. The molecule has 0 aromatic heterocycles. The molecule has 1 aromatic carbocycles. The number of rotatable bonds is 5. The molecule has 0 saturated heterocycles. The van der Waals surface area contributed by atoms with Crippen LogP contribution in [0.15, 0.2) is 12.1 Å². The monoisotopic (exact) mass is 247 g/mol. The van der Waals surface area contributed by atoms with Gasteiger partial charge >= 0.3 is 0 Å². The lowest BCUT2D eigenvalue weighted by Crippen LogP contribution is -2.05. The molecule has 0 bridgehead atoms. The second-order valence-electron chi connectivity index (χ2n) is 3.27. The summed E-state index contributed by atoms with van der Waals surface area (Å²) in [4.78, 5) is 0. The van der Waals surface area contributed by atoms with Crippen molar-refractivity contribution in [3.8, 4) is 5.75 Å². The molecular weight excluding hydrogens is 233 g/mol. The van der Waals surface area contributed by atoms with Crippen LogP contribution in [0.5, 0.6) is 5.75 Å². The van der Waals surface area contributed by atoms with Gasteiger partial charge in [-0.2, -0.15) is 0 Å². The van der Waals surface area contributed by atoms with Crippen molar-refractivity contribution in [1.82, 2.24) is 5.32 Å². The first-order chi connectivity index (χ1) is 7.19. The summed E-state index contributed by atoms with van der Waals surface area (Å²) >= 11 is 12.1. The molecule has 0 aliphatic rings. The summed E-state index contributed by atoms with van der Waals surface area (Å²) in [6.07, 6.45) is 0.935. The fourth-order valence-corrected chi connectivity index (χ4v) is 1.90. The van der Waals surface area contributed by atoms with E-state index in [0.29, 0.717) is 22.4 Å². The van der Waals surface area contributed by atoms with Gasteiger partial charge in [0.15, 0.2) is 5.75 Å². The van der Waals surface area contributed by atoms with Crippen LogP contribution < -0.4 is 10.1 Å². The molecule has 84 valence electrons. The highest BCUT2D eigenvalue weighted by atomic mass is 35.5. The number of hydrogen-bond acceptors (Lipinski definition) is 2. The number of hydrogen-bond donors (Lipinski definition) is 1. The first kappa shape index (κ1) is 12.6. The van der Waals surface area contributed by atoms with E-state index in [-0.39, 0.29) is 0 Å². The van der Waals surface area contributed by atoms with Crippen molar-refractivity contribution in [3.63, 3.8) is 0 Å². The Hall–Kier alpha value is -0.440. The lowest BCUT2D eigenvalue weighted by Gasteiger charge is -2.10. The van der Waals surface area contributed by atoms with Crippen LogP contribution in [0.2, 0.25) is 10.0 Å². The Kier molecular flexibility index (Phi) is 5.23. The van der Waals surface area contributed by atoms with Gasteiger partial charge in [-0.1, -0.05) is 30.1 Å². The molecule has 0 fully saturated rings. The van der Waals surface area contributed by atoms with Crippen LogP contribution in [-0.4, -0.2) is 13.7 Å². The molecule has 1 N–H and O–H groups in total. The molecule has 1 aromatic rings. The lowest BCUT2D eigenvalue weighted by atomic mass is 10.2. The summed E-state index contributed by atoms with van der Waals surface area (Å²) in [5.41, 5.74) is 1.05. The minimum Gasteiger partial charge on any atom is -0.490 e. The number of benzene rings is 1. The predicted molar refractivity (Wildman–Crippen MR) is 65.0 cm³/mol. The molecule has 0 saturated carbocycles.